The van der Waals surface area contributed by atoms with Crippen LogP contribution in [0.5, 0.6) is 0 Å². The maximum absolute atomic E-state index is 13.3. The van der Waals surface area contributed by atoms with Crippen LogP contribution >= 0.6 is 11.6 Å². The second-order valence-electron chi connectivity index (χ2n) is 5.54. The number of carbonyl (C=O) groups is 1. The molecule has 0 radical (unpaired) electrons. The van der Waals surface area contributed by atoms with E-state index >= 15 is 0 Å². The highest BCUT2D eigenvalue weighted by Crippen LogP contribution is 2.25. The van der Waals surface area contributed by atoms with Crippen LogP contribution in [0, 0.1) is 5.82 Å². The highest BCUT2D eigenvalue weighted by molar-refractivity contribution is 6.30. The van der Waals surface area contributed by atoms with Crippen LogP contribution in [0.15, 0.2) is 30.5 Å². The highest BCUT2D eigenvalue weighted by Gasteiger charge is 2.14. The van der Waals surface area contributed by atoms with Crippen LogP contribution in [0.3, 0.4) is 0 Å². The molecule has 0 saturated carbocycles. The lowest BCUT2D eigenvalue weighted by molar-refractivity contribution is -0.118. The lowest BCUT2D eigenvalue weighted by Gasteiger charge is -2.18. The van der Waals surface area contributed by atoms with Crippen molar-refractivity contribution in [3.63, 3.8) is 0 Å². The third-order valence-electron chi connectivity index (χ3n) is 3.96. The summed E-state index contributed by atoms with van der Waals surface area (Å²) in [5, 5.41) is 4.41. The molecule has 1 atom stereocenters. The number of rotatable bonds is 8. The molecular formula is C17H21ClFN3O. The Morgan fingerprint density at radius 3 is 2.87 bits per heavy atom. The largest absolute Gasteiger partial charge is 0.346 e. The molecular weight excluding hydrogens is 317 g/mol. The Kier molecular flexibility index (Phi) is 6.16. The van der Waals surface area contributed by atoms with Gasteiger partial charge in [-0.15, -0.1) is 0 Å². The van der Waals surface area contributed by atoms with Gasteiger partial charge in [-0.3, -0.25) is 4.79 Å². The molecule has 0 aliphatic rings. The maximum Gasteiger partial charge on any atom is 0.209 e. The molecule has 23 heavy (non-hydrogen) atoms. The van der Waals surface area contributed by atoms with Crippen molar-refractivity contribution in [3.05, 3.63) is 47.0 Å². The summed E-state index contributed by atoms with van der Waals surface area (Å²) in [6.45, 7) is 5.56. The van der Waals surface area contributed by atoms with Gasteiger partial charge in [0.05, 0.1) is 10.7 Å². The van der Waals surface area contributed by atoms with Crippen LogP contribution in [-0.2, 0) is 4.79 Å². The summed E-state index contributed by atoms with van der Waals surface area (Å²) in [4.78, 5) is 12.6. The molecule has 0 saturated heterocycles. The second-order valence-corrected chi connectivity index (χ2v) is 5.95. The third kappa shape index (κ3) is 4.32. The van der Waals surface area contributed by atoms with E-state index in [0.29, 0.717) is 0 Å². The summed E-state index contributed by atoms with van der Waals surface area (Å²) in [6.07, 6.45) is 4.47. The molecule has 1 unspecified atom stereocenters. The van der Waals surface area contributed by atoms with Crippen LogP contribution in [0.25, 0.3) is 5.69 Å². The van der Waals surface area contributed by atoms with Crippen LogP contribution in [0.2, 0.25) is 5.02 Å². The topological polar surface area (TPSA) is 38.1 Å². The normalized spacial score (nSPS) is 12.2. The van der Waals surface area contributed by atoms with E-state index in [2.05, 4.69) is 12.0 Å². The molecule has 4 nitrogen and oxygen atoms in total. The first-order valence-electron chi connectivity index (χ1n) is 7.75. The predicted molar refractivity (Wildman–Crippen MR) is 89.5 cm³/mol. The summed E-state index contributed by atoms with van der Waals surface area (Å²) in [6, 6.07) is 6.54. The Hall–Kier alpha value is -1.88. The Balaban J connectivity index is 2.07. The number of hydrogen-bond acceptors (Lipinski definition) is 2. The minimum absolute atomic E-state index is 0.0844. The minimum Gasteiger partial charge on any atom is -0.346 e. The van der Waals surface area contributed by atoms with Gasteiger partial charge >= 0.3 is 0 Å². The molecule has 1 amide bonds. The number of aromatic nitrogens is 2. The number of carbonyl (C=O) groups excluding carboxylic acids is 1. The van der Waals surface area contributed by atoms with Crippen LogP contribution in [0.4, 0.5) is 4.39 Å². The van der Waals surface area contributed by atoms with Gasteiger partial charge in [0.25, 0.3) is 0 Å². The fourth-order valence-electron chi connectivity index (χ4n) is 2.55. The van der Waals surface area contributed by atoms with Gasteiger partial charge in [0.15, 0.2) is 0 Å². The molecule has 124 valence electrons. The molecule has 1 aromatic carbocycles. The van der Waals surface area contributed by atoms with E-state index in [4.69, 9.17) is 11.6 Å². The van der Waals surface area contributed by atoms with Crippen molar-refractivity contribution in [3.8, 4) is 5.69 Å². The summed E-state index contributed by atoms with van der Waals surface area (Å²) in [7, 11) is 0. The van der Waals surface area contributed by atoms with Crippen molar-refractivity contribution in [1.29, 1.82) is 0 Å². The average Bonchev–Trinajstić information content (AvgIpc) is 3.03. The standard InChI is InChI=1S/C17H21ClFN3O/c1-3-21(12-23)10-4-5-13(2)17-8-9-20-22(17)14-6-7-16(19)15(18)11-14/h6-9,11-13H,3-5,10H2,1-2H3. The van der Waals surface area contributed by atoms with Crippen LogP contribution in [-0.4, -0.2) is 34.2 Å². The number of hydrogen-bond donors (Lipinski definition) is 0. The van der Waals surface area contributed by atoms with E-state index in [9.17, 15) is 9.18 Å². The van der Waals surface area contributed by atoms with Crippen LogP contribution in [0.1, 0.15) is 38.3 Å². The molecule has 1 heterocycles. The SMILES string of the molecule is CCN(C=O)CCCC(C)c1ccnn1-c1ccc(F)c(Cl)c1. The second kappa shape index (κ2) is 8.11. The molecule has 0 N–H and O–H groups in total. The van der Waals surface area contributed by atoms with Gasteiger partial charge in [0, 0.05) is 25.0 Å². The average molecular weight is 338 g/mol. The first-order valence-corrected chi connectivity index (χ1v) is 8.13. The van der Waals surface area contributed by atoms with Gasteiger partial charge in [0.2, 0.25) is 6.41 Å². The van der Waals surface area contributed by atoms with Gasteiger partial charge in [-0.2, -0.15) is 5.10 Å². The van der Waals surface area contributed by atoms with Gasteiger partial charge in [-0.05, 0) is 49.9 Å². The van der Waals surface area contributed by atoms with Crippen molar-refractivity contribution < 1.29 is 9.18 Å². The zero-order valence-corrected chi connectivity index (χ0v) is 14.1. The maximum atomic E-state index is 13.3. The number of amides is 1. The predicted octanol–water partition coefficient (Wildman–Crippen LogP) is 4.03. The molecule has 0 aliphatic carbocycles. The van der Waals surface area contributed by atoms with E-state index < -0.39 is 5.82 Å². The Bertz CT molecular complexity index is 659. The molecule has 2 rings (SSSR count). The molecule has 0 aliphatic heterocycles. The highest BCUT2D eigenvalue weighted by atomic mass is 35.5. The summed E-state index contributed by atoms with van der Waals surface area (Å²) >= 11 is 5.86. The zero-order chi connectivity index (χ0) is 16.8. The van der Waals surface area contributed by atoms with E-state index in [1.165, 1.54) is 6.07 Å². The summed E-state index contributed by atoms with van der Waals surface area (Å²) < 4.78 is 15.1. The van der Waals surface area contributed by atoms with Crippen LogP contribution < -0.4 is 0 Å². The fourth-order valence-corrected chi connectivity index (χ4v) is 2.73. The van der Waals surface area contributed by atoms with Crippen molar-refractivity contribution in [1.82, 2.24) is 14.7 Å². The zero-order valence-electron chi connectivity index (χ0n) is 13.4. The molecule has 0 fully saturated rings. The third-order valence-corrected chi connectivity index (χ3v) is 4.25. The smallest absolute Gasteiger partial charge is 0.209 e. The lowest BCUT2D eigenvalue weighted by atomic mass is 10.0. The first-order chi connectivity index (χ1) is 11.1. The van der Waals surface area contributed by atoms with Gasteiger partial charge < -0.3 is 4.90 Å². The number of halogens is 2. The van der Waals surface area contributed by atoms with E-state index in [1.807, 2.05) is 13.0 Å². The van der Waals surface area contributed by atoms with Crippen molar-refractivity contribution in [2.24, 2.45) is 0 Å². The Morgan fingerprint density at radius 1 is 1.43 bits per heavy atom. The molecule has 0 spiro atoms. The molecule has 1 aromatic heterocycles. The van der Waals surface area contributed by atoms with E-state index in [1.54, 1.807) is 27.9 Å². The summed E-state index contributed by atoms with van der Waals surface area (Å²) in [5.74, 6) is -0.169. The summed E-state index contributed by atoms with van der Waals surface area (Å²) in [5.41, 5.74) is 1.79. The quantitative estimate of drug-likeness (QED) is 0.682. The van der Waals surface area contributed by atoms with Gasteiger partial charge in [0.1, 0.15) is 5.82 Å². The van der Waals surface area contributed by atoms with Gasteiger partial charge in [-0.1, -0.05) is 18.5 Å². The van der Waals surface area contributed by atoms with Crippen molar-refractivity contribution in [2.45, 2.75) is 32.6 Å². The van der Waals surface area contributed by atoms with Crippen molar-refractivity contribution >= 4 is 18.0 Å². The van der Waals surface area contributed by atoms with E-state index in [0.717, 1.165) is 43.7 Å². The number of benzene rings is 1. The first kappa shape index (κ1) is 17.5. The Labute approximate surface area is 140 Å². The van der Waals surface area contributed by atoms with Gasteiger partial charge in [-0.25, -0.2) is 9.07 Å². The Morgan fingerprint density at radius 2 is 2.22 bits per heavy atom. The molecule has 6 heteroatoms. The monoisotopic (exact) mass is 337 g/mol. The molecule has 2 aromatic rings. The lowest BCUT2D eigenvalue weighted by Crippen LogP contribution is -2.22. The minimum atomic E-state index is -0.439. The number of nitrogens with zero attached hydrogens (tertiary/aromatic N) is 3. The molecule has 0 bridgehead atoms. The van der Waals surface area contributed by atoms with Crippen molar-refractivity contribution in [2.75, 3.05) is 13.1 Å². The fraction of sp³-hybridized carbons (Fsp3) is 0.412. The van der Waals surface area contributed by atoms with E-state index in [-0.39, 0.29) is 10.9 Å².